The Bertz CT molecular complexity index is 378. The van der Waals surface area contributed by atoms with Crippen LogP contribution in [0.4, 0.5) is 0 Å². The van der Waals surface area contributed by atoms with Crippen LogP contribution in [-0.2, 0) is 16.0 Å². The van der Waals surface area contributed by atoms with E-state index in [0.717, 1.165) is 25.3 Å². The van der Waals surface area contributed by atoms with E-state index in [-0.39, 0.29) is 5.60 Å². The van der Waals surface area contributed by atoms with Gasteiger partial charge in [0.15, 0.2) is 0 Å². The van der Waals surface area contributed by atoms with E-state index >= 15 is 0 Å². The van der Waals surface area contributed by atoms with Gasteiger partial charge in [0, 0.05) is 39.3 Å². The summed E-state index contributed by atoms with van der Waals surface area (Å²) in [5.41, 5.74) is 0.776. The summed E-state index contributed by atoms with van der Waals surface area (Å²) >= 11 is 0. The van der Waals surface area contributed by atoms with E-state index < -0.39 is 0 Å². The molecule has 5 nitrogen and oxygen atoms in total. The van der Waals surface area contributed by atoms with Gasteiger partial charge in [0.2, 0.25) is 5.88 Å². The molecule has 0 radical (unpaired) electrons. The first-order valence-corrected chi connectivity index (χ1v) is 6.11. The Morgan fingerprint density at radius 2 is 2.33 bits per heavy atom. The first kappa shape index (κ1) is 13.3. The zero-order valence-electron chi connectivity index (χ0n) is 10.9. The summed E-state index contributed by atoms with van der Waals surface area (Å²) in [5, 5.41) is 3.36. The van der Waals surface area contributed by atoms with Crippen molar-refractivity contribution in [3.8, 4) is 5.88 Å². The Balaban J connectivity index is 1.84. The molecular weight excluding hydrogens is 232 g/mol. The maximum atomic E-state index is 5.55. The van der Waals surface area contributed by atoms with Crippen molar-refractivity contribution in [3.63, 3.8) is 0 Å². The molecule has 1 aromatic heterocycles. The van der Waals surface area contributed by atoms with Crippen molar-refractivity contribution >= 4 is 0 Å². The van der Waals surface area contributed by atoms with E-state index in [0.29, 0.717) is 19.0 Å². The number of hydrogen-bond donors (Lipinski definition) is 1. The Kier molecular flexibility index (Phi) is 4.52. The summed E-state index contributed by atoms with van der Waals surface area (Å²) in [6, 6.07) is 5.75. The molecule has 1 unspecified atom stereocenters. The molecule has 1 saturated heterocycles. The van der Waals surface area contributed by atoms with Crippen molar-refractivity contribution in [2.24, 2.45) is 0 Å². The summed E-state index contributed by atoms with van der Waals surface area (Å²) in [4.78, 5) is 4.35. The van der Waals surface area contributed by atoms with Gasteiger partial charge in [0.05, 0.1) is 19.4 Å². The summed E-state index contributed by atoms with van der Waals surface area (Å²) in [6.07, 6.45) is 0.933. The number of nitrogens with one attached hydrogen (secondary N) is 1. The van der Waals surface area contributed by atoms with Crippen molar-refractivity contribution < 1.29 is 14.2 Å². The fourth-order valence-electron chi connectivity index (χ4n) is 2.05. The number of hydrogen-bond acceptors (Lipinski definition) is 5. The molecule has 1 fully saturated rings. The lowest BCUT2D eigenvalue weighted by atomic mass is 10.0. The van der Waals surface area contributed by atoms with Crippen LogP contribution in [0.1, 0.15) is 12.1 Å². The van der Waals surface area contributed by atoms with Crippen LogP contribution < -0.4 is 10.1 Å². The van der Waals surface area contributed by atoms with Crippen molar-refractivity contribution in [1.82, 2.24) is 10.3 Å². The molecule has 2 rings (SSSR count). The number of pyridine rings is 1. The average molecular weight is 252 g/mol. The van der Waals surface area contributed by atoms with Crippen molar-refractivity contribution in [1.29, 1.82) is 0 Å². The van der Waals surface area contributed by atoms with Crippen molar-refractivity contribution in [2.75, 3.05) is 34.0 Å². The SMILES string of the molecule is COc1cccc(CNCC2(OC)CCOC2)n1. The monoisotopic (exact) mass is 252 g/mol. The van der Waals surface area contributed by atoms with Crippen molar-refractivity contribution in [2.45, 2.75) is 18.6 Å². The minimum Gasteiger partial charge on any atom is -0.481 e. The van der Waals surface area contributed by atoms with E-state index in [1.54, 1.807) is 14.2 Å². The second-order valence-corrected chi connectivity index (χ2v) is 4.46. The van der Waals surface area contributed by atoms with Gasteiger partial charge in [-0.25, -0.2) is 4.98 Å². The first-order chi connectivity index (χ1) is 8.78. The van der Waals surface area contributed by atoms with Crippen LogP contribution in [0.5, 0.6) is 5.88 Å². The van der Waals surface area contributed by atoms with Crippen LogP contribution in [0.25, 0.3) is 0 Å². The Hall–Kier alpha value is -1.17. The maximum Gasteiger partial charge on any atom is 0.213 e. The van der Waals surface area contributed by atoms with Gasteiger partial charge in [-0.15, -0.1) is 0 Å². The molecule has 0 saturated carbocycles. The number of rotatable bonds is 6. The van der Waals surface area contributed by atoms with E-state index in [1.807, 2.05) is 18.2 Å². The minimum atomic E-state index is -0.182. The van der Waals surface area contributed by atoms with E-state index in [4.69, 9.17) is 14.2 Å². The molecule has 1 aromatic rings. The van der Waals surface area contributed by atoms with Crippen LogP contribution in [-0.4, -0.2) is 44.6 Å². The number of aromatic nitrogens is 1. The zero-order valence-corrected chi connectivity index (χ0v) is 10.9. The van der Waals surface area contributed by atoms with Crippen LogP contribution in [0.15, 0.2) is 18.2 Å². The van der Waals surface area contributed by atoms with Crippen LogP contribution in [0, 0.1) is 0 Å². The van der Waals surface area contributed by atoms with Gasteiger partial charge in [0.25, 0.3) is 0 Å². The normalized spacial score (nSPS) is 23.2. The van der Waals surface area contributed by atoms with Gasteiger partial charge in [-0.3, -0.25) is 0 Å². The van der Waals surface area contributed by atoms with Gasteiger partial charge in [-0.1, -0.05) is 6.07 Å². The highest BCUT2D eigenvalue weighted by atomic mass is 16.5. The molecule has 1 N–H and O–H groups in total. The lowest BCUT2D eigenvalue weighted by Crippen LogP contribution is -2.42. The van der Waals surface area contributed by atoms with Crippen LogP contribution >= 0.6 is 0 Å². The fourth-order valence-corrected chi connectivity index (χ4v) is 2.05. The third kappa shape index (κ3) is 3.19. The predicted molar refractivity (Wildman–Crippen MR) is 67.7 cm³/mol. The lowest BCUT2D eigenvalue weighted by Gasteiger charge is -2.25. The second-order valence-electron chi connectivity index (χ2n) is 4.46. The third-order valence-corrected chi connectivity index (χ3v) is 3.24. The molecule has 0 amide bonds. The molecule has 0 bridgehead atoms. The van der Waals surface area contributed by atoms with Gasteiger partial charge in [-0.2, -0.15) is 0 Å². The third-order valence-electron chi connectivity index (χ3n) is 3.24. The van der Waals surface area contributed by atoms with Gasteiger partial charge < -0.3 is 19.5 Å². The Morgan fingerprint density at radius 1 is 1.44 bits per heavy atom. The molecule has 1 aliphatic heterocycles. The summed E-state index contributed by atoms with van der Waals surface area (Å²) in [6.45, 7) is 2.89. The smallest absolute Gasteiger partial charge is 0.213 e. The molecule has 0 spiro atoms. The summed E-state index contributed by atoms with van der Waals surface area (Å²) in [5.74, 6) is 0.639. The highest BCUT2D eigenvalue weighted by Gasteiger charge is 2.34. The van der Waals surface area contributed by atoms with Crippen LogP contribution in [0.3, 0.4) is 0 Å². The molecule has 0 aliphatic carbocycles. The molecule has 1 atom stereocenters. The predicted octanol–water partition coefficient (Wildman–Crippen LogP) is 0.985. The fraction of sp³-hybridized carbons (Fsp3) is 0.615. The van der Waals surface area contributed by atoms with Crippen molar-refractivity contribution in [3.05, 3.63) is 23.9 Å². The number of methoxy groups -OCH3 is 2. The highest BCUT2D eigenvalue weighted by Crippen LogP contribution is 2.21. The molecule has 5 heteroatoms. The minimum absolute atomic E-state index is 0.182. The van der Waals surface area contributed by atoms with E-state index in [1.165, 1.54) is 0 Å². The van der Waals surface area contributed by atoms with Crippen LogP contribution in [0.2, 0.25) is 0 Å². The van der Waals surface area contributed by atoms with E-state index in [9.17, 15) is 0 Å². The van der Waals surface area contributed by atoms with Gasteiger partial charge in [-0.05, 0) is 6.07 Å². The summed E-state index contributed by atoms with van der Waals surface area (Å²) < 4.78 is 16.0. The molecular formula is C13H20N2O3. The molecule has 100 valence electrons. The highest BCUT2D eigenvalue weighted by molar-refractivity contribution is 5.15. The molecule has 0 aromatic carbocycles. The van der Waals surface area contributed by atoms with Gasteiger partial charge >= 0.3 is 0 Å². The first-order valence-electron chi connectivity index (χ1n) is 6.11. The number of ether oxygens (including phenoxy) is 3. The zero-order chi connectivity index (χ0) is 12.8. The average Bonchev–Trinajstić information content (AvgIpc) is 2.88. The quantitative estimate of drug-likeness (QED) is 0.818. The maximum absolute atomic E-state index is 5.55. The molecule has 2 heterocycles. The Labute approximate surface area is 107 Å². The second kappa shape index (κ2) is 6.13. The lowest BCUT2D eigenvalue weighted by molar-refractivity contribution is -0.0159. The van der Waals surface area contributed by atoms with E-state index in [2.05, 4.69) is 10.3 Å². The number of nitrogens with zero attached hydrogens (tertiary/aromatic N) is 1. The standard InChI is InChI=1S/C13H20N2O3/c1-16-12-5-3-4-11(15-12)8-14-9-13(17-2)6-7-18-10-13/h3-5,14H,6-10H2,1-2H3. The topological polar surface area (TPSA) is 52.6 Å². The summed E-state index contributed by atoms with van der Waals surface area (Å²) in [7, 11) is 3.36. The Morgan fingerprint density at radius 3 is 3.00 bits per heavy atom. The van der Waals surface area contributed by atoms with Gasteiger partial charge in [0.1, 0.15) is 5.60 Å². The molecule has 18 heavy (non-hydrogen) atoms. The molecule has 1 aliphatic rings. The largest absolute Gasteiger partial charge is 0.481 e.